The van der Waals surface area contributed by atoms with E-state index in [1.54, 1.807) is 12.1 Å². The van der Waals surface area contributed by atoms with Crippen molar-refractivity contribution < 1.29 is 13.6 Å². The maximum absolute atomic E-state index is 13.3. The Balaban J connectivity index is 2.25. The molecule has 0 saturated heterocycles. The van der Waals surface area contributed by atoms with Gasteiger partial charge in [-0.2, -0.15) is 0 Å². The van der Waals surface area contributed by atoms with Crippen LogP contribution in [0, 0.1) is 11.6 Å². The number of carbonyl (C=O) groups excluding carboxylic acids is 1. The number of hydrogen-bond acceptors (Lipinski definition) is 1. The van der Waals surface area contributed by atoms with Crippen molar-refractivity contribution in [3.05, 3.63) is 69.7 Å². The van der Waals surface area contributed by atoms with Crippen molar-refractivity contribution in [3.8, 4) is 0 Å². The van der Waals surface area contributed by atoms with Gasteiger partial charge in [0.1, 0.15) is 11.6 Å². The quantitative estimate of drug-likeness (QED) is 0.778. The molecule has 0 aliphatic rings. The summed E-state index contributed by atoms with van der Waals surface area (Å²) in [5, 5.41) is 0. The highest BCUT2D eigenvalue weighted by Crippen LogP contribution is 2.22. The standard InChI is InChI=1S/C14H9BrF2O/c15-14-11(5-2-6-12(14)17)13(18)8-9-3-1-4-10(16)7-9/h1-7H,8H2. The molecule has 0 unspecified atom stereocenters. The fourth-order valence-electron chi connectivity index (χ4n) is 1.65. The van der Waals surface area contributed by atoms with Crippen LogP contribution >= 0.6 is 15.9 Å². The van der Waals surface area contributed by atoms with Crippen LogP contribution < -0.4 is 0 Å². The maximum atomic E-state index is 13.3. The minimum absolute atomic E-state index is 0.0415. The highest BCUT2D eigenvalue weighted by atomic mass is 79.9. The molecule has 2 rings (SSSR count). The van der Waals surface area contributed by atoms with E-state index < -0.39 is 11.6 Å². The van der Waals surface area contributed by atoms with Gasteiger partial charge in [-0.3, -0.25) is 4.79 Å². The molecule has 0 bridgehead atoms. The summed E-state index contributed by atoms with van der Waals surface area (Å²) in [6.45, 7) is 0. The van der Waals surface area contributed by atoms with Crippen molar-refractivity contribution in [2.75, 3.05) is 0 Å². The van der Waals surface area contributed by atoms with Crippen molar-refractivity contribution in [1.29, 1.82) is 0 Å². The lowest BCUT2D eigenvalue weighted by Crippen LogP contribution is -2.05. The van der Waals surface area contributed by atoms with Crippen LogP contribution in [0.4, 0.5) is 8.78 Å². The van der Waals surface area contributed by atoms with Crippen LogP contribution in [0.5, 0.6) is 0 Å². The Morgan fingerprint density at radius 3 is 2.56 bits per heavy atom. The van der Waals surface area contributed by atoms with Gasteiger partial charge < -0.3 is 0 Å². The molecular formula is C14H9BrF2O. The topological polar surface area (TPSA) is 17.1 Å². The van der Waals surface area contributed by atoms with E-state index in [9.17, 15) is 13.6 Å². The van der Waals surface area contributed by atoms with Crippen molar-refractivity contribution in [3.63, 3.8) is 0 Å². The zero-order chi connectivity index (χ0) is 13.1. The van der Waals surface area contributed by atoms with Gasteiger partial charge in [-0.05, 0) is 39.7 Å². The van der Waals surface area contributed by atoms with E-state index in [0.29, 0.717) is 5.56 Å². The number of Topliss-reactive ketones (excluding diaryl/α,β-unsaturated/α-hetero) is 1. The van der Waals surface area contributed by atoms with E-state index in [1.165, 1.54) is 30.3 Å². The first kappa shape index (κ1) is 12.9. The summed E-state index contributed by atoms with van der Waals surface area (Å²) in [5.74, 6) is -1.13. The zero-order valence-corrected chi connectivity index (χ0v) is 10.9. The van der Waals surface area contributed by atoms with Crippen LogP contribution in [-0.2, 0) is 6.42 Å². The Morgan fingerprint density at radius 1 is 1.11 bits per heavy atom. The molecule has 0 N–H and O–H groups in total. The third-order valence-electron chi connectivity index (χ3n) is 2.51. The second kappa shape index (κ2) is 5.40. The molecule has 0 atom stereocenters. The average Bonchev–Trinajstić information content (AvgIpc) is 2.32. The second-order valence-electron chi connectivity index (χ2n) is 3.83. The first-order valence-corrected chi connectivity index (χ1v) is 6.09. The molecule has 92 valence electrons. The molecular weight excluding hydrogens is 302 g/mol. The van der Waals surface area contributed by atoms with Crippen molar-refractivity contribution in [2.24, 2.45) is 0 Å². The van der Waals surface area contributed by atoms with Crippen molar-refractivity contribution >= 4 is 21.7 Å². The Hall–Kier alpha value is -1.55. The van der Waals surface area contributed by atoms with Gasteiger partial charge in [-0.15, -0.1) is 0 Å². The van der Waals surface area contributed by atoms with E-state index in [-0.39, 0.29) is 22.2 Å². The highest BCUT2D eigenvalue weighted by Gasteiger charge is 2.13. The van der Waals surface area contributed by atoms with Gasteiger partial charge in [0.2, 0.25) is 0 Å². The van der Waals surface area contributed by atoms with Crippen LogP contribution in [0.1, 0.15) is 15.9 Å². The Morgan fingerprint density at radius 2 is 1.83 bits per heavy atom. The van der Waals surface area contributed by atoms with Gasteiger partial charge in [-0.1, -0.05) is 24.3 Å². The van der Waals surface area contributed by atoms with Crippen LogP contribution in [0.3, 0.4) is 0 Å². The molecule has 2 aromatic rings. The van der Waals surface area contributed by atoms with E-state index >= 15 is 0 Å². The summed E-state index contributed by atoms with van der Waals surface area (Å²) in [6, 6.07) is 10.1. The van der Waals surface area contributed by atoms with Crippen LogP contribution in [-0.4, -0.2) is 5.78 Å². The molecule has 0 fully saturated rings. The smallest absolute Gasteiger partial charge is 0.168 e. The van der Waals surface area contributed by atoms with Gasteiger partial charge >= 0.3 is 0 Å². The number of rotatable bonds is 3. The van der Waals surface area contributed by atoms with E-state index in [1.807, 2.05) is 0 Å². The molecule has 0 aromatic heterocycles. The molecule has 0 heterocycles. The molecule has 0 aliphatic heterocycles. The van der Waals surface area contributed by atoms with Crippen LogP contribution in [0.25, 0.3) is 0 Å². The minimum Gasteiger partial charge on any atom is -0.294 e. The molecule has 1 nitrogen and oxygen atoms in total. The molecule has 0 amide bonds. The maximum Gasteiger partial charge on any atom is 0.168 e. The summed E-state index contributed by atoms with van der Waals surface area (Å²) in [4.78, 5) is 12.0. The molecule has 0 saturated carbocycles. The van der Waals surface area contributed by atoms with Gasteiger partial charge in [0.25, 0.3) is 0 Å². The summed E-state index contributed by atoms with van der Waals surface area (Å²) in [5.41, 5.74) is 0.829. The fourth-order valence-corrected chi connectivity index (χ4v) is 2.13. The normalized spacial score (nSPS) is 10.4. The van der Waals surface area contributed by atoms with Gasteiger partial charge in [0.15, 0.2) is 5.78 Å². The van der Waals surface area contributed by atoms with Crippen molar-refractivity contribution in [1.82, 2.24) is 0 Å². The highest BCUT2D eigenvalue weighted by molar-refractivity contribution is 9.10. The van der Waals surface area contributed by atoms with Crippen LogP contribution in [0.15, 0.2) is 46.9 Å². The van der Waals surface area contributed by atoms with Crippen molar-refractivity contribution in [2.45, 2.75) is 6.42 Å². The predicted octanol–water partition coefficient (Wildman–Crippen LogP) is 4.15. The molecule has 2 aromatic carbocycles. The Labute approximate surface area is 112 Å². The predicted molar refractivity (Wildman–Crippen MR) is 68.5 cm³/mol. The molecule has 0 spiro atoms. The molecule has 4 heteroatoms. The third-order valence-corrected chi connectivity index (χ3v) is 3.31. The van der Waals surface area contributed by atoms with E-state index in [0.717, 1.165) is 0 Å². The second-order valence-corrected chi connectivity index (χ2v) is 4.62. The Bertz CT molecular complexity index is 596. The van der Waals surface area contributed by atoms with Gasteiger partial charge in [0, 0.05) is 12.0 Å². The molecule has 0 radical (unpaired) electrons. The lowest BCUT2D eigenvalue weighted by molar-refractivity contribution is 0.0991. The lowest BCUT2D eigenvalue weighted by atomic mass is 10.0. The molecule has 18 heavy (non-hydrogen) atoms. The summed E-state index contributed by atoms with van der Waals surface area (Å²) < 4.78 is 26.4. The van der Waals surface area contributed by atoms with Crippen LogP contribution in [0.2, 0.25) is 0 Å². The third kappa shape index (κ3) is 2.82. The summed E-state index contributed by atoms with van der Waals surface area (Å²) in [7, 11) is 0. The Kier molecular flexibility index (Phi) is 3.87. The first-order chi connectivity index (χ1) is 8.58. The number of ketones is 1. The SMILES string of the molecule is O=C(Cc1cccc(F)c1)c1cccc(F)c1Br. The fraction of sp³-hybridized carbons (Fsp3) is 0.0714. The number of carbonyl (C=O) groups is 1. The number of halogens is 3. The molecule has 0 aliphatic carbocycles. The van der Waals surface area contributed by atoms with Gasteiger partial charge in [0.05, 0.1) is 4.47 Å². The van der Waals surface area contributed by atoms with E-state index in [4.69, 9.17) is 0 Å². The minimum atomic E-state index is -0.486. The van der Waals surface area contributed by atoms with Gasteiger partial charge in [-0.25, -0.2) is 8.78 Å². The first-order valence-electron chi connectivity index (χ1n) is 5.29. The summed E-state index contributed by atoms with van der Waals surface area (Å²) >= 11 is 3.04. The largest absolute Gasteiger partial charge is 0.294 e. The zero-order valence-electron chi connectivity index (χ0n) is 9.29. The monoisotopic (exact) mass is 310 g/mol. The number of benzene rings is 2. The number of hydrogen-bond donors (Lipinski definition) is 0. The van der Waals surface area contributed by atoms with E-state index in [2.05, 4.69) is 15.9 Å². The lowest BCUT2D eigenvalue weighted by Gasteiger charge is -2.05. The summed E-state index contributed by atoms with van der Waals surface area (Å²) in [6.07, 6.45) is 0.0415. The average molecular weight is 311 g/mol.